The maximum atomic E-state index is 13.4. The summed E-state index contributed by atoms with van der Waals surface area (Å²) >= 11 is 0. The van der Waals surface area contributed by atoms with Crippen LogP contribution in [0.3, 0.4) is 0 Å². The summed E-state index contributed by atoms with van der Waals surface area (Å²) in [5, 5.41) is 3.85. The Kier molecular flexibility index (Phi) is 4.81. The summed E-state index contributed by atoms with van der Waals surface area (Å²) < 4.78 is 57.5. The van der Waals surface area contributed by atoms with Crippen LogP contribution in [0.1, 0.15) is 35.9 Å². The molecule has 0 radical (unpaired) electrons. The number of rotatable bonds is 4. The summed E-state index contributed by atoms with van der Waals surface area (Å²) in [4.78, 5) is 18.0. The second-order valence-corrected chi connectivity index (χ2v) is 6.74. The summed E-state index contributed by atoms with van der Waals surface area (Å²) in [5.41, 5.74) is 0.00285. The number of nitrogens with zero attached hydrogens (tertiary/aromatic N) is 3. The van der Waals surface area contributed by atoms with E-state index in [0.29, 0.717) is 17.5 Å². The van der Waals surface area contributed by atoms with E-state index in [4.69, 9.17) is 4.52 Å². The predicted molar refractivity (Wildman–Crippen MR) is 93.7 cm³/mol. The molecule has 1 atom stereocenters. The summed E-state index contributed by atoms with van der Waals surface area (Å²) in [6, 6.07) is 9.98. The van der Waals surface area contributed by atoms with Gasteiger partial charge in [-0.05, 0) is 36.2 Å². The van der Waals surface area contributed by atoms with Crippen molar-refractivity contribution in [3.8, 4) is 11.4 Å². The van der Waals surface area contributed by atoms with Gasteiger partial charge in [-0.15, -0.1) is 0 Å². The molecule has 4 rings (SSSR count). The van der Waals surface area contributed by atoms with Crippen molar-refractivity contribution in [1.29, 1.82) is 0 Å². The van der Waals surface area contributed by atoms with Gasteiger partial charge in [-0.25, -0.2) is 4.39 Å². The van der Waals surface area contributed by atoms with Crippen LogP contribution >= 0.6 is 0 Å². The smallest absolute Gasteiger partial charge is 0.337 e. The highest BCUT2D eigenvalue weighted by atomic mass is 19.4. The molecule has 0 N–H and O–H groups in total. The Labute approximate surface area is 162 Å². The van der Waals surface area contributed by atoms with Crippen molar-refractivity contribution in [2.45, 2.75) is 31.6 Å². The first-order valence-electron chi connectivity index (χ1n) is 8.86. The molecule has 0 aliphatic carbocycles. The molecular weight excluding hydrogens is 390 g/mol. The van der Waals surface area contributed by atoms with Gasteiger partial charge in [0, 0.05) is 18.5 Å². The Hall–Kier alpha value is -3.23. The van der Waals surface area contributed by atoms with Crippen molar-refractivity contribution >= 4 is 5.91 Å². The normalized spacial score (nSPS) is 17.2. The number of hydrogen-bond acceptors (Lipinski definition) is 4. The molecule has 1 amide bonds. The zero-order valence-electron chi connectivity index (χ0n) is 15.0. The SMILES string of the molecule is O=C1CCC(c2nc(-c3cccc(F)c3)no2)N1Cc1cccc(C(F)(F)F)c1. The quantitative estimate of drug-likeness (QED) is 0.588. The average Bonchev–Trinajstić information content (AvgIpc) is 3.29. The third-order valence-corrected chi connectivity index (χ3v) is 4.75. The Balaban J connectivity index is 1.58. The van der Waals surface area contributed by atoms with E-state index >= 15 is 0 Å². The third-order valence-electron chi connectivity index (χ3n) is 4.75. The van der Waals surface area contributed by atoms with Crippen LogP contribution in [0, 0.1) is 5.82 Å². The molecule has 1 aliphatic rings. The lowest BCUT2D eigenvalue weighted by Crippen LogP contribution is -2.27. The van der Waals surface area contributed by atoms with Crippen LogP contribution in [0.25, 0.3) is 11.4 Å². The van der Waals surface area contributed by atoms with E-state index < -0.39 is 23.6 Å². The van der Waals surface area contributed by atoms with Gasteiger partial charge in [0.2, 0.25) is 17.6 Å². The molecule has 1 aliphatic heterocycles. The largest absolute Gasteiger partial charge is 0.416 e. The minimum atomic E-state index is -4.46. The number of carbonyl (C=O) groups excluding carboxylic acids is 1. The van der Waals surface area contributed by atoms with Gasteiger partial charge in [0.15, 0.2) is 0 Å². The zero-order chi connectivity index (χ0) is 20.6. The molecule has 5 nitrogen and oxygen atoms in total. The topological polar surface area (TPSA) is 59.2 Å². The van der Waals surface area contributed by atoms with E-state index in [2.05, 4.69) is 10.1 Å². The molecule has 150 valence electrons. The highest BCUT2D eigenvalue weighted by Gasteiger charge is 2.36. The molecule has 2 aromatic carbocycles. The van der Waals surface area contributed by atoms with Crippen molar-refractivity contribution < 1.29 is 26.9 Å². The second kappa shape index (κ2) is 7.31. The lowest BCUT2D eigenvalue weighted by atomic mass is 10.1. The molecule has 0 bridgehead atoms. The van der Waals surface area contributed by atoms with Crippen LogP contribution in [0.15, 0.2) is 53.1 Å². The standard InChI is InChI=1S/C20H15F4N3O2/c21-15-6-2-4-13(10-15)18-25-19(29-26-18)16-7-8-17(28)27(16)11-12-3-1-5-14(9-12)20(22,23)24/h1-6,9-10,16H,7-8,11H2. The van der Waals surface area contributed by atoms with E-state index in [9.17, 15) is 22.4 Å². The lowest BCUT2D eigenvalue weighted by molar-refractivity contribution is -0.137. The summed E-state index contributed by atoms with van der Waals surface area (Å²) in [7, 11) is 0. The van der Waals surface area contributed by atoms with E-state index in [1.54, 1.807) is 6.07 Å². The number of halogens is 4. The fourth-order valence-electron chi connectivity index (χ4n) is 3.35. The van der Waals surface area contributed by atoms with Gasteiger partial charge < -0.3 is 9.42 Å². The summed E-state index contributed by atoms with van der Waals surface area (Å²) in [6.45, 7) is -0.00883. The van der Waals surface area contributed by atoms with Crippen LogP contribution in [-0.2, 0) is 17.5 Å². The molecule has 0 saturated carbocycles. The van der Waals surface area contributed by atoms with Gasteiger partial charge in [-0.2, -0.15) is 18.2 Å². The van der Waals surface area contributed by atoms with Crippen LogP contribution < -0.4 is 0 Å². The summed E-state index contributed by atoms with van der Waals surface area (Å²) in [5.74, 6) is -0.311. The Bertz CT molecular complexity index is 1050. The second-order valence-electron chi connectivity index (χ2n) is 6.74. The first-order valence-corrected chi connectivity index (χ1v) is 8.86. The van der Waals surface area contributed by atoms with Gasteiger partial charge >= 0.3 is 6.18 Å². The van der Waals surface area contributed by atoms with Crippen molar-refractivity contribution in [1.82, 2.24) is 15.0 Å². The van der Waals surface area contributed by atoms with Gasteiger partial charge in [-0.3, -0.25) is 4.79 Å². The average molecular weight is 405 g/mol. The third kappa shape index (κ3) is 3.98. The molecular formula is C20H15F4N3O2. The minimum absolute atomic E-state index is 0.00883. The Morgan fingerprint density at radius 3 is 2.69 bits per heavy atom. The number of amides is 1. The van der Waals surface area contributed by atoms with E-state index in [-0.39, 0.29) is 30.6 Å². The zero-order valence-corrected chi connectivity index (χ0v) is 15.0. The molecule has 1 saturated heterocycles. The highest BCUT2D eigenvalue weighted by molar-refractivity contribution is 5.78. The maximum absolute atomic E-state index is 13.4. The first kappa shape index (κ1) is 19.1. The number of aromatic nitrogens is 2. The number of carbonyl (C=O) groups is 1. The van der Waals surface area contributed by atoms with Crippen LogP contribution in [-0.4, -0.2) is 20.9 Å². The maximum Gasteiger partial charge on any atom is 0.416 e. The van der Waals surface area contributed by atoms with Gasteiger partial charge in [-0.1, -0.05) is 29.4 Å². The van der Waals surface area contributed by atoms with Gasteiger partial charge in [0.25, 0.3) is 0 Å². The number of likely N-dealkylation sites (tertiary alicyclic amines) is 1. The van der Waals surface area contributed by atoms with E-state index in [1.807, 2.05) is 0 Å². The number of alkyl halides is 3. The van der Waals surface area contributed by atoms with E-state index in [0.717, 1.165) is 12.1 Å². The fraction of sp³-hybridized carbons (Fsp3) is 0.250. The van der Waals surface area contributed by atoms with Crippen LogP contribution in [0.5, 0.6) is 0 Å². The molecule has 1 fully saturated rings. The molecule has 29 heavy (non-hydrogen) atoms. The van der Waals surface area contributed by atoms with Crippen molar-refractivity contribution in [2.75, 3.05) is 0 Å². The number of hydrogen-bond donors (Lipinski definition) is 0. The molecule has 1 unspecified atom stereocenters. The predicted octanol–water partition coefficient (Wildman–Crippen LogP) is 4.76. The molecule has 2 heterocycles. The van der Waals surface area contributed by atoms with E-state index in [1.165, 1.54) is 35.2 Å². The fourth-order valence-corrected chi connectivity index (χ4v) is 3.35. The minimum Gasteiger partial charge on any atom is -0.337 e. The molecule has 9 heteroatoms. The van der Waals surface area contributed by atoms with Crippen LogP contribution in [0.2, 0.25) is 0 Å². The molecule has 1 aromatic heterocycles. The lowest BCUT2D eigenvalue weighted by Gasteiger charge is -2.22. The molecule has 0 spiro atoms. The van der Waals surface area contributed by atoms with Gasteiger partial charge in [0.05, 0.1) is 5.56 Å². The summed E-state index contributed by atoms with van der Waals surface area (Å²) in [6.07, 6.45) is -3.83. The van der Waals surface area contributed by atoms with Gasteiger partial charge in [0.1, 0.15) is 11.9 Å². The van der Waals surface area contributed by atoms with Crippen molar-refractivity contribution in [3.63, 3.8) is 0 Å². The number of benzene rings is 2. The van der Waals surface area contributed by atoms with Crippen LogP contribution in [0.4, 0.5) is 17.6 Å². The first-order chi connectivity index (χ1) is 13.8. The molecule has 3 aromatic rings. The Morgan fingerprint density at radius 2 is 1.93 bits per heavy atom. The highest BCUT2D eigenvalue weighted by Crippen LogP contribution is 2.35. The Morgan fingerprint density at radius 1 is 1.14 bits per heavy atom. The monoisotopic (exact) mass is 405 g/mol. The van der Waals surface area contributed by atoms with Crippen molar-refractivity contribution in [3.05, 3.63) is 71.4 Å². The van der Waals surface area contributed by atoms with Crippen molar-refractivity contribution in [2.24, 2.45) is 0 Å².